The number of aromatic nitrogens is 6. The predicted octanol–water partition coefficient (Wildman–Crippen LogP) is 5.85. The van der Waals surface area contributed by atoms with Crippen LogP contribution in [-0.4, -0.2) is 80.7 Å². The standard InChI is InChI=1S/C44H47F2N9O4/c45-33-6-19-41(42(46)24-33)44(28-53-30-47-29-49-53)58-27-40(59-44)26-57-39-17-15-36(16-18-39)52-22-20-51(21-23-52)35-11-13-37(14-12-35)54-31-50-55(43(54)56)38-9-7-34(8-10-38)48-25-32-4-2-1-3-5-32/h1-6,11-19,24,29-31,34,38,40,48H,7-10,20-23,25-28H2. The lowest BCUT2D eigenvalue weighted by Gasteiger charge is -2.37. The van der Waals surface area contributed by atoms with Gasteiger partial charge in [-0.15, -0.1) is 0 Å². The topological polar surface area (TPSA) is 117 Å². The number of rotatable bonds is 13. The third-order valence-electron chi connectivity index (χ3n) is 11.6. The Morgan fingerprint density at radius 1 is 0.797 bits per heavy atom. The monoisotopic (exact) mass is 803 g/mol. The molecule has 4 heterocycles. The van der Waals surface area contributed by atoms with Crippen LogP contribution in [0.15, 0.2) is 121 Å². The van der Waals surface area contributed by atoms with Crippen molar-refractivity contribution in [3.05, 3.63) is 149 Å². The van der Waals surface area contributed by atoms with Gasteiger partial charge in [0, 0.05) is 61.8 Å². The van der Waals surface area contributed by atoms with Crippen LogP contribution in [0.4, 0.5) is 20.2 Å². The Balaban J connectivity index is 0.744. The molecule has 6 aromatic rings. The van der Waals surface area contributed by atoms with Crippen LogP contribution in [0.1, 0.15) is 42.9 Å². The van der Waals surface area contributed by atoms with E-state index in [4.69, 9.17) is 14.2 Å². The Morgan fingerprint density at radius 3 is 2.17 bits per heavy atom. The molecule has 3 aliphatic rings. The fourth-order valence-corrected chi connectivity index (χ4v) is 8.40. The summed E-state index contributed by atoms with van der Waals surface area (Å²) in [5, 5.41) is 12.3. The van der Waals surface area contributed by atoms with Gasteiger partial charge in [-0.25, -0.2) is 32.5 Å². The number of nitrogens with zero attached hydrogens (tertiary/aromatic N) is 8. The van der Waals surface area contributed by atoms with Gasteiger partial charge in [-0.05, 0) is 91.9 Å². The summed E-state index contributed by atoms with van der Waals surface area (Å²) in [5.41, 5.74) is 4.29. The lowest BCUT2D eigenvalue weighted by molar-refractivity contribution is -0.192. The normalized spacial score (nSPS) is 22.2. The van der Waals surface area contributed by atoms with Crippen molar-refractivity contribution in [2.24, 2.45) is 0 Å². The fourth-order valence-electron chi connectivity index (χ4n) is 8.40. The Labute approximate surface area is 340 Å². The van der Waals surface area contributed by atoms with Crippen LogP contribution in [0.3, 0.4) is 0 Å². The van der Waals surface area contributed by atoms with Crippen LogP contribution in [0.5, 0.6) is 5.75 Å². The third-order valence-corrected chi connectivity index (χ3v) is 11.6. The fraction of sp³-hybridized carbons (Fsp3) is 0.364. The number of hydrogen-bond acceptors (Lipinski definition) is 10. The van der Waals surface area contributed by atoms with Crippen molar-refractivity contribution in [2.45, 2.75) is 62.7 Å². The van der Waals surface area contributed by atoms with Gasteiger partial charge in [-0.3, -0.25) is 0 Å². The Hall–Kier alpha value is -5.90. The molecule has 13 nitrogen and oxygen atoms in total. The van der Waals surface area contributed by atoms with E-state index in [1.165, 1.54) is 35.0 Å². The molecule has 0 bridgehead atoms. The zero-order valence-corrected chi connectivity index (χ0v) is 32.7. The van der Waals surface area contributed by atoms with Gasteiger partial charge in [0.1, 0.15) is 55.6 Å². The van der Waals surface area contributed by atoms with Crippen molar-refractivity contribution in [1.82, 2.24) is 34.4 Å². The molecular formula is C44H47F2N9O4. The highest BCUT2D eigenvalue weighted by Crippen LogP contribution is 2.38. The van der Waals surface area contributed by atoms with E-state index in [-0.39, 0.29) is 37.1 Å². The molecular weight excluding hydrogens is 757 g/mol. The van der Waals surface area contributed by atoms with E-state index in [0.717, 1.165) is 81.5 Å². The minimum absolute atomic E-state index is 0.0309. The smallest absolute Gasteiger partial charge is 0.350 e. The summed E-state index contributed by atoms with van der Waals surface area (Å²) in [4.78, 5) is 22.1. The van der Waals surface area contributed by atoms with Gasteiger partial charge in [0.15, 0.2) is 0 Å². The predicted molar refractivity (Wildman–Crippen MR) is 218 cm³/mol. The van der Waals surface area contributed by atoms with Gasteiger partial charge >= 0.3 is 5.69 Å². The van der Waals surface area contributed by atoms with Crippen molar-refractivity contribution in [1.29, 1.82) is 0 Å². The first-order chi connectivity index (χ1) is 28.9. The Kier molecular flexibility index (Phi) is 11.2. The van der Waals surface area contributed by atoms with E-state index in [9.17, 15) is 13.6 Å². The molecule has 0 spiro atoms. The van der Waals surface area contributed by atoms with E-state index in [1.54, 1.807) is 15.6 Å². The molecule has 1 N–H and O–H groups in total. The van der Waals surface area contributed by atoms with Crippen LogP contribution in [-0.2, 0) is 28.4 Å². The van der Waals surface area contributed by atoms with Gasteiger partial charge in [0.05, 0.1) is 18.3 Å². The molecule has 306 valence electrons. The van der Waals surface area contributed by atoms with E-state index in [1.807, 2.05) is 42.5 Å². The molecule has 2 aromatic heterocycles. The highest BCUT2D eigenvalue weighted by Gasteiger charge is 2.46. The van der Waals surface area contributed by atoms with Crippen molar-refractivity contribution in [3.63, 3.8) is 0 Å². The van der Waals surface area contributed by atoms with Gasteiger partial charge in [0.25, 0.3) is 0 Å². The van der Waals surface area contributed by atoms with E-state index >= 15 is 0 Å². The number of benzene rings is 4. The summed E-state index contributed by atoms with van der Waals surface area (Å²) >= 11 is 0. The lowest BCUT2D eigenvalue weighted by Crippen LogP contribution is -2.46. The second-order valence-electron chi connectivity index (χ2n) is 15.4. The van der Waals surface area contributed by atoms with Gasteiger partial charge in [-0.1, -0.05) is 30.3 Å². The minimum atomic E-state index is -1.52. The quantitative estimate of drug-likeness (QED) is 0.153. The van der Waals surface area contributed by atoms with Crippen LogP contribution in [0, 0.1) is 11.6 Å². The lowest BCUT2D eigenvalue weighted by atomic mass is 9.91. The highest BCUT2D eigenvalue weighted by atomic mass is 19.1. The maximum Gasteiger partial charge on any atom is 0.350 e. The molecule has 2 atom stereocenters. The number of anilines is 2. The maximum atomic E-state index is 14.9. The van der Waals surface area contributed by atoms with Crippen molar-refractivity contribution in [3.8, 4) is 11.4 Å². The molecule has 9 rings (SSSR count). The van der Waals surface area contributed by atoms with Gasteiger partial charge in [0.2, 0.25) is 5.79 Å². The van der Waals surface area contributed by atoms with E-state index in [0.29, 0.717) is 11.8 Å². The number of ether oxygens (including phenoxy) is 3. The number of hydrogen-bond donors (Lipinski definition) is 1. The molecule has 0 amide bonds. The largest absolute Gasteiger partial charge is 0.491 e. The molecule has 2 unspecified atom stereocenters. The van der Waals surface area contributed by atoms with Crippen molar-refractivity contribution < 1.29 is 23.0 Å². The summed E-state index contributed by atoms with van der Waals surface area (Å²) in [6, 6.07) is 30.4. The number of piperazine rings is 1. The number of nitrogens with one attached hydrogen (secondary N) is 1. The summed E-state index contributed by atoms with van der Waals surface area (Å²) in [6.07, 6.45) is 7.89. The van der Waals surface area contributed by atoms with E-state index in [2.05, 4.69) is 66.7 Å². The Morgan fingerprint density at radius 2 is 1.49 bits per heavy atom. The highest BCUT2D eigenvalue weighted by molar-refractivity contribution is 5.54. The van der Waals surface area contributed by atoms with Gasteiger partial charge < -0.3 is 29.3 Å². The van der Waals surface area contributed by atoms with Crippen LogP contribution >= 0.6 is 0 Å². The molecule has 3 fully saturated rings. The molecule has 4 aromatic carbocycles. The van der Waals surface area contributed by atoms with E-state index < -0.39 is 23.5 Å². The zero-order chi connectivity index (χ0) is 40.2. The zero-order valence-electron chi connectivity index (χ0n) is 32.7. The second kappa shape index (κ2) is 17.1. The molecule has 0 radical (unpaired) electrons. The third kappa shape index (κ3) is 8.63. The SMILES string of the molecule is O=c1n(-c2ccc(N3CCN(c4ccc(OCC5COC(Cn6cncn6)(c6ccc(F)cc6F)O5)cc4)CC3)cc2)cnn1C1CCC(NCc2ccccc2)CC1. The molecule has 2 saturated heterocycles. The van der Waals surface area contributed by atoms with Crippen molar-refractivity contribution in [2.75, 3.05) is 49.2 Å². The first-order valence-electron chi connectivity index (χ1n) is 20.3. The first kappa shape index (κ1) is 38.6. The second-order valence-corrected chi connectivity index (χ2v) is 15.4. The molecule has 2 aliphatic heterocycles. The molecule has 15 heteroatoms. The average Bonchev–Trinajstić information content (AvgIpc) is 4.04. The van der Waals surface area contributed by atoms with Crippen LogP contribution in [0.25, 0.3) is 5.69 Å². The summed E-state index contributed by atoms with van der Waals surface area (Å²) in [7, 11) is 0. The minimum Gasteiger partial charge on any atom is -0.491 e. The van der Waals surface area contributed by atoms with Crippen molar-refractivity contribution >= 4 is 11.4 Å². The molecule has 1 aliphatic carbocycles. The first-order valence-corrected chi connectivity index (χ1v) is 20.3. The maximum absolute atomic E-state index is 14.9. The summed E-state index contributed by atoms with van der Waals surface area (Å²) < 4.78 is 51.9. The number of halogens is 2. The summed E-state index contributed by atoms with van der Waals surface area (Å²) in [6.45, 7) is 4.60. The molecule has 59 heavy (non-hydrogen) atoms. The van der Waals surface area contributed by atoms with Gasteiger partial charge in [-0.2, -0.15) is 10.2 Å². The summed E-state index contributed by atoms with van der Waals surface area (Å²) in [5.74, 6) is -2.30. The Bertz CT molecular complexity index is 2340. The molecule has 1 saturated carbocycles. The average molecular weight is 804 g/mol. The van der Waals surface area contributed by atoms with Crippen LogP contribution in [0.2, 0.25) is 0 Å². The van der Waals surface area contributed by atoms with Crippen LogP contribution < -0.4 is 25.5 Å².